The first-order chi connectivity index (χ1) is 12.8. The number of aromatic hydroxyl groups is 1. The summed E-state index contributed by atoms with van der Waals surface area (Å²) in [5.74, 6) is 0.274. The Morgan fingerprint density at radius 2 is 1.74 bits per heavy atom. The van der Waals surface area contributed by atoms with Gasteiger partial charge in [-0.1, -0.05) is 18.7 Å². The molecule has 3 rings (SSSR count). The van der Waals surface area contributed by atoms with Gasteiger partial charge >= 0.3 is 0 Å². The van der Waals surface area contributed by atoms with E-state index < -0.39 is 5.60 Å². The van der Waals surface area contributed by atoms with Crippen LogP contribution < -0.4 is 19.6 Å². The number of phenols is 1. The lowest BCUT2D eigenvalue weighted by Crippen LogP contribution is -2.25. The largest absolute Gasteiger partial charge is 0.504 e. The van der Waals surface area contributed by atoms with Crippen molar-refractivity contribution in [1.82, 2.24) is 4.57 Å². The minimum atomic E-state index is -0.754. The summed E-state index contributed by atoms with van der Waals surface area (Å²) in [4.78, 5) is 13.1. The van der Waals surface area contributed by atoms with Crippen molar-refractivity contribution in [2.24, 2.45) is 7.05 Å². The van der Waals surface area contributed by atoms with Crippen molar-refractivity contribution in [3.63, 3.8) is 0 Å². The fourth-order valence-corrected chi connectivity index (χ4v) is 3.18. The smallest absolute Gasteiger partial charge is 0.210 e. The summed E-state index contributed by atoms with van der Waals surface area (Å²) in [6.45, 7) is 7.41. The summed E-state index contributed by atoms with van der Waals surface area (Å²) in [5.41, 5.74) is 0.0830. The predicted octanol–water partition coefficient (Wildman–Crippen LogP) is 3.76. The van der Waals surface area contributed by atoms with Gasteiger partial charge in [0, 0.05) is 12.4 Å². The van der Waals surface area contributed by atoms with E-state index in [0.29, 0.717) is 22.2 Å². The first-order valence-corrected chi connectivity index (χ1v) is 8.48. The van der Waals surface area contributed by atoms with Crippen LogP contribution in [0.2, 0.25) is 0 Å². The summed E-state index contributed by atoms with van der Waals surface area (Å²) in [5, 5.41) is 11.5. The van der Waals surface area contributed by atoms with Crippen LogP contribution in [-0.4, -0.2) is 29.5 Å². The third-order valence-electron chi connectivity index (χ3n) is 4.65. The van der Waals surface area contributed by atoms with Gasteiger partial charge in [-0.15, -0.1) is 0 Å². The quantitative estimate of drug-likeness (QED) is 0.548. The van der Waals surface area contributed by atoms with Crippen molar-refractivity contribution >= 4 is 21.8 Å². The zero-order valence-corrected chi connectivity index (χ0v) is 16.1. The summed E-state index contributed by atoms with van der Waals surface area (Å²) in [7, 11) is 4.69. The number of rotatable bonds is 5. The van der Waals surface area contributed by atoms with Gasteiger partial charge in [0.25, 0.3) is 0 Å². The van der Waals surface area contributed by atoms with E-state index in [4.69, 9.17) is 14.2 Å². The molecule has 1 aromatic heterocycles. The first-order valence-electron chi connectivity index (χ1n) is 8.48. The Labute approximate surface area is 157 Å². The van der Waals surface area contributed by atoms with Crippen LogP contribution >= 0.6 is 0 Å². The number of benzene rings is 2. The fourth-order valence-electron chi connectivity index (χ4n) is 3.18. The highest BCUT2D eigenvalue weighted by atomic mass is 16.6. The Kier molecular flexibility index (Phi) is 4.51. The average Bonchev–Trinajstić information content (AvgIpc) is 2.66. The fraction of sp³-hybridized carbons (Fsp3) is 0.286. The molecule has 1 heterocycles. The molecule has 0 radical (unpaired) electrons. The molecule has 0 aliphatic carbocycles. The summed E-state index contributed by atoms with van der Waals surface area (Å²) in [6, 6.07) is 7.19. The van der Waals surface area contributed by atoms with Crippen molar-refractivity contribution in [3.8, 4) is 23.0 Å². The number of phenolic OH excluding ortho intramolecular Hbond substituents is 1. The van der Waals surface area contributed by atoms with Crippen molar-refractivity contribution < 1.29 is 19.3 Å². The van der Waals surface area contributed by atoms with Gasteiger partial charge in [-0.05, 0) is 32.1 Å². The summed E-state index contributed by atoms with van der Waals surface area (Å²) in [6.07, 6.45) is 1.63. The number of nitrogens with zero attached hydrogens (tertiary/aromatic N) is 1. The molecule has 0 fully saturated rings. The van der Waals surface area contributed by atoms with E-state index in [1.807, 2.05) is 26.0 Å². The van der Waals surface area contributed by atoms with Crippen LogP contribution in [0.1, 0.15) is 13.8 Å². The number of ether oxygens (including phenoxy) is 3. The molecule has 0 aliphatic rings. The van der Waals surface area contributed by atoms with Gasteiger partial charge in [-0.25, -0.2) is 0 Å². The monoisotopic (exact) mass is 369 g/mol. The van der Waals surface area contributed by atoms with Gasteiger partial charge in [0.2, 0.25) is 16.9 Å². The molecule has 0 saturated carbocycles. The highest BCUT2D eigenvalue weighted by Gasteiger charge is 2.30. The van der Waals surface area contributed by atoms with E-state index in [0.717, 1.165) is 0 Å². The number of fused-ring (bicyclic) bond motifs is 2. The maximum absolute atomic E-state index is 13.1. The van der Waals surface area contributed by atoms with Crippen LogP contribution in [0.4, 0.5) is 0 Å². The molecule has 0 unspecified atom stereocenters. The second-order valence-corrected chi connectivity index (χ2v) is 6.78. The van der Waals surface area contributed by atoms with Gasteiger partial charge in [0.1, 0.15) is 11.1 Å². The molecule has 6 heteroatoms. The van der Waals surface area contributed by atoms with E-state index >= 15 is 0 Å². The van der Waals surface area contributed by atoms with E-state index in [1.165, 1.54) is 14.2 Å². The number of hydrogen-bond acceptors (Lipinski definition) is 5. The molecule has 6 nitrogen and oxygen atoms in total. The van der Waals surface area contributed by atoms with Crippen molar-refractivity contribution in [1.29, 1.82) is 0 Å². The maximum Gasteiger partial charge on any atom is 0.210 e. The van der Waals surface area contributed by atoms with Crippen LogP contribution in [0.3, 0.4) is 0 Å². The molecule has 27 heavy (non-hydrogen) atoms. The average molecular weight is 369 g/mol. The van der Waals surface area contributed by atoms with Crippen LogP contribution in [0.5, 0.6) is 23.0 Å². The zero-order valence-electron chi connectivity index (χ0n) is 16.1. The van der Waals surface area contributed by atoms with E-state index in [9.17, 15) is 9.90 Å². The van der Waals surface area contributed by atoms with Crippen LogP contribution in [0.25, 0.3) is 21.8 Å². The molecule has 0 amide bonds. The second kappa shape index (κ2) is 6.54. The van der Waals surface area contributed by atoms with Crippen LogP contribution in [-0.2, 0) is 7.05 Å². The van der Waals surface area contributed by atoms with Crippen molar-refractivity contribution in [2.45, 2.75) is 19.4 Å². The predicted molar refractivity (Wildman–Crippen MR) is 106 cm³/mol. The number of methoxy groups -OCH3 is 2. The normalized spacial score (nSPS) is 11.6. The van der Waals surface area contributed by atoms with Gasteiger partial charge < -0.3 is 23.9 Å². The molecular weight excluding hydrogens is 346 g/mol. The second-order valence-electron chi connectivity index (χ2n) is 6.78. The maximum atomic E-state index is 13.1. The third-order valence-corrected chi connectivity index (χ3v) is 4.65. The molecular formula is C21H23NO5. The number of aromatic nitrogens is 1. The molecule has 1 N–H and O–H groups in total. The standard InChI is InChI=1S/C21H23NO5/c1-7-21(2,3)27-20-18(25-5)15-14(17(24)19(20)26-6)16(23)12-10-8-9-11-13(12)22(15)4/h7-11,24H,1H2,2-6H3. The number of pyridine rings is 1. The van der Waals surface area contributed by atoms with Crippen molar-refractivity contribution in [3.05, 3.63) is 47.1 Å². The minimum absolute atomic E-state index is 0.0432. The highest BCUT2D eigenvalue weighted by molar-refractivity contribution is 6.02. The number of hydrogen-bond donors (Lipinski definition) is 1. The lowest BCUT2D eigenvalue weighted by molar-refractivity contribution is 0.148. The van der Waals surface area contributed by atoms with E-state index in [2.05, 4.69) is 6.58 Å². The lowest BCUT2D eigenvalue weighted by atomic mass is 10.1. The Hall–Kier alpha value is -3.15. The molecule has 0 bridgehead atoms. The highest BCUT2D eigenvalue weighted by Crippen LogP contribution is 2.51. The van der Waals surface area contributed by atoms with Gasteiger partial charge in [-0.2, -0.15) is 0 Å². The van der Waals surface area contributed by atoms with Gasteiger partial charge in [0.15, 0.2) is 11.5 Å². The topological polar surface area (TPSA) is 69.9 Å². The number of para-hydroxylation sites is 1. The molecule has 0 atom stereocenters. The molecule has 0 spiro atoms. The molecule has 0 aliphatic heterocycles. The molecule has 142 valence electrons. The molecule has 2 aromatic carbocycles. The van der Waals surface area contributed by atoms with Crippen LogP contribution in [0.15, 0.2) is 41.7 Å². The Morgan fingerprint density at radius 3 is 2.33 bits per heavy atom. The summed E-state index contributed by atoms with van der Waals surface area (Å²) >= 11 is 0. The summed E-state index contributed by atoms with van der Waals surface area (Å²) < 4.78 is 18.9. The Bertz CT molecular complexity index is 1110. The Morgan fingerprint density at radius 1 is 1.11 bits per heavy atom. The SMILES string of the molecule is C=CC(C)(C)Oc1c(OC)c(O)c2c(=O)c3ccccc3n(C)c2c1OC. The van der Waals surface area contributed by atoms with E-state index in [-0.39, 0.29) is 28.1 Å². The minimum Gasteiger partial charge on any atom is -0.504 e. The van der Waals surface area contributed by atoms with Gasteiger partial charge in [-0.3, -0.25) is 4.79 Å². The lowest BCUT2D eigenvalue weighted by Gasteiger charge is -2.27. The zero-order chi connectivity index (χ0) is 19.9. The number of aryl methyl sites for hydroxylation is 1. The van der Waals surface area contributed by atoms with Crippen LogP contribution in [0, 0.1) is 0 Å². The Balaban J connectivity index is 2.59. The molecule has 3 aromatic rings. The first kappa shape index (κ1) is 18.6. The van der Waals surface area contributed by atoms with Crippen molar-refractivity contribution in [2.75, 3.05) is 14.2 Å². The molecule has 0 saturated heterocycles. The third kappa shape index (κ3) is 2.77. The van der Waals surface area contributed by atoms with E-state index in [1.54, 1.807) is 29.8 Å². The van der Waals surface area contributed by atoms with Gasteiger partial charge in [0.05, 0.1) is 25.1 Å².